The Morgan fingerprint density at radius 1 is 1.05 bits per heavy atom. The molecule has 1 unspecified atom stereocenters. The Hall–Kier alpha value is -1.26. The molecule has 0 bridgehead atoms. The van der Waals surface area contributed by atoms with Gasteiger partial charge in [-0.05, 0) is 26.7 Å². The molecule has 0 aromatic carbocycles. The molecule has 0 radical (unpaired) electrons. The minimum atomic E-state index is -0.341. The van der Waals surface area contributed by atoms with Crippen molar-refractivity contribution in [3.8, 4) is 0 Å². The molecule has 1 amide bonds. The van der Waals surface area contributed by atoms with Crippen LogP contribution in [0.1, 0.15) is 53.4 Å². The molecule has 0 aliphatic heterocycles. The zero-order valence-corrected chi connectivity index (χ0v) is 12.6. The number of unbranched alkanes of at least 4 members (excludes halogenated alkanes) is 1. The Labute approximate surface area is 116 Å². The summed E-state index contributed by atoms with van der Waals surface area (Å²) in [5.74, 6) is -0.264. The largest absolute Gasteiger partial charge is 0.466 e. The van der Waals surface area contributed by atoms with Crippen LogP contribution < -0.4 is 0 Å². The van der Waals surface area contributed by atoms with Crippen LogP contribution in [0.5, 0.6) is 0 Å². The van der Waals surface area contributed by atoms with Gasteiger partial charge in [-0.2, -0.15) is 0 Å². The van der Waals surface area contributed by atoms with Crippen LogP contribution in [0.3, 0.4) is 0 Å². The molecule has 112 valence electrons. The summed E-state index contributed by atoms with van der Waals surface area (Å²) in [5, 5.41) is 0. The van der Waals surface area contributed by atoms with Gasteiger partial charge in [0.25, 0.3) is 0 Å². The second-order valence-corrected chi connectivity index (χ2v) is 4.32. The quantitative estimate of drug-likeness (QED) is 0.606. The summed E-state index contributed by atoms with van der Waals surface area (Å²) in [6.45, 7) is 8.91. The van der Waals surface area contributed by atoms with Gasteiger partial charge < -0.3 is 14.4 Å². The number of rotatable bonds is 9. The van der Waals surface area contributed by atoms with Crippen molar-refractivity contribution in [2.45, 2.75) is 59.4 Å². The van der Waals surface area contributed by atoms with Crippen LogP contribution in [-0.2, 0) is 14.3 Å². The highest BCUT2D eigenvalue weighted by Gasteiger charge is 2.25. The summed E-state index contributed by atoms with van der Waals surface area (Å²) in [6, 6.07) is -0.148. The fourth-order valence-electron chi connectivity index (χ4n) is 1.84. The van der Waals surface area contributed by atoms with Crippen LogP contribution >= 0.6 is 0 Å². The maximum atomic E-state index is 11.9. The lowest BCUT2D eigenvalue weighted by atomic mass is 10.1. The summed E-state index contributed by atoms with van der Waals surface area (Å²) < 4.78 is 10.0. The molecule has 1 atom stereocenters. The zero-order chi connectivity index (χ0) is 14.7. The van der Waals surface area contributed by atoms with Gasteiger partial charge in [0, 0.05) is 12.6 Å². The van der Waals surface area contributed by atoms with Crippen LogP contribution in [0, 0.1) is 0 Å². The number of hydrogen-bond acceptors (Lipinski definition) is 4. The third-order valence-corrected chi connectivity index (χ3v) is 2.87. The fraction of sp³-hybridized carbons (Fsp3) is 0.857. The van der Waals surface area contributed by atoms with Crippen molar-refractivity contribution in [1.82, 2.24) is 4.90 Å². The minimum Gasteiger partial charge on any atom is -0.466 e. The van der Waals surface area contributed by atoms with Crippen LogP contribution in [0.2, 0.25) is 0 Å². The highest BCUT2D eigenvalue weighted by molar-refractivity contribution is 5.72. The maximum Gasteiger partial charge on any atom is 0.410 e. The average Bonchev–Trinajstić information content (AvgIpc) is 2.38. The lowest BCUT2D eigenvalue weighted by Gasteiger charge is -2.29. The number of esters is 1. The second-order valence-electron chi connectivity index (χ2n) is 4.32. The summed E-state index contributed by atoms with van der Waals surface area (Å²) in [4.78, 5) is 25.2. The Balaban J connectivity index is 4.65. The van der Waals surface area contributed by atoms with Gasteiger partial charge in [0.05, 0.1) is 19.6 Å². The van der Waals surface area contributed by atoms with Crippen molar-refractivity contribution in [3.63, 3.8) is 0 Å². The molecule has 0 fully saturated rings. The minimum absolute atomic E-state index is 0.148. The van der Waals surface area contributed by atoms with E-state index in [0.29, 0.717) is 26.2 Å². The monoisotopic (exact) mass is 273 g/mol. The van der Waals surface area contributed by atoms with Gasteiger partial charge in [-0.25, -0.2) is 4.79 Å². The van der Waals surface area contributed by atoms with E-state index in [-0.39, 0.29) is 24.5 Å². The first-order chi connectivity index (χ1) is 9.10. The van der Waals surface area contributed by atoms with Crippen LogP contribution in [0.25, 0.3) is 0 Å². The van der Waals surface area contributed by atoms with Gasteiger partial charge in [0.1, 0.15) is 0 Å². The molecule has 0 heterocycles. The van der Waals surface area contributed by atoms with Gasteiger partial charge in [-0.3, -0.25) is 4.79 Å². The molecule has 19 heavy (non-hydrogen) atoms. The SMILES string of the molecule is CCCCN(C(=O)OCC)C(CC)CC(=O)OCC. The number of amides is 1. The van der Waals surface area contributed by atoms with Crippen molar-refractivity contribution in [2.24, 2.45) is 0 Å². The molecule has 0 saturated heterocycles. The van der Waals surface area contributed by atoms with Gasteiger partial charge in [-0.15, -0.1) is 0 Å². The first kappa shape index (κ1) is 17.7. The Morgan fingerprint density at radius 3 is 2.16 bits per heavy atom. The number of carbonyl (C=O) groups excluding carboxylic acids is 2. The molecule has 0 saturated carbocycles. The summed E-state index contributed by atoms with van der Waals surface area (Å²) in [6.07, 6.45) is 2.49. The number of hydrogen-bond donors (Lipinski definition) is 0. The molecule has 0 N–H and O–H groups in total. The predicted molar refractivity (Wildman–Crippen MR) is 74.0 cm³/mol. The molecular formula is C14H27NO4. The summed E-state index contributed by atoms with van der Waals surface area (Å²) in [5.41, 5.74) is 0. The molecule has 0 rings (SSSR count). The highest BCUT2D eigenvalue weighted by atomic mass is 16.6. The molecule has 0 aromatic rings. The normalized spacial score (nSPS) is 11.8. The number of nitrogens with zero attached hydrogens (tertiary/aromatic N) is 1. The maximum absolute atomic E-state index is 11.9. The number of ether oxygens (including phenoxy) is 2. The van der Waals surface area contributed by atoms with Crippen molar-refractivity contribution in [2.75, 3.05) is 19.8 Å². The fourth-order valence-corrected chi connectivity index (χ4v) is 1.84. The lowest BCUT2D eigenvalue weighted by molar-refractivity contribution is -0.144. The van der Waals surface area contributed by atoms with Gasteiger partial charge in [0.2, 0.25) is 0 Å². The topological polar surface area (TPSA) is 55.8 Å². The summed E-state index contributed by atoms with van der Waals surface area (Å²) >= 11 is 0. The molecule has 0 aromatic heterocycles. The van der Waals surface area contributed by atoms with Crippen molar-refractivity contribution >= 4 is 12.1 Å². The van der Waals surface area contributed by atoms with Crippen molar-refractivity contribution < 1.29 is 19.1 Å². The summed E-state index contributed by atoms with van der Waals surface area (Å²) in [7, 11) is 0. The van der Waals surface area contributed by atoms with Gasteiger partial charge in [-0.1, -0.05) is 20.3 Å². The van der Waals surface area contributed by atoms with Crippen LogP contribution in [0.4, 0.5) is 4.79 Å². The number of carbonyl (C=O) groups is 2. The Bertz CT molecular complexity index is 268. The van der Waals surface area contributed by atoms with E-state index in [1.807, 2.05) is 6.92 Å². The molecular weight excluding hydrogens is 246 g/mol. The van der Waals surface area contributed by atoms with Crippen LogP contribution in [0.15, 0.2) is 0 Å². The van der Waals surface area contributed by atoms with Crippen LogP contribution in [-0.4, -0.2) is 42.8 Å². The first-order valence-corrected chi connectivity index (χ1v) is 7.19. The van der Waals surface area contributed by atoms with E-state index in [9.17, 15) is 9.59 Å². The van der Waals surface area contributed by atoms with Gasteiger partial charge in [0.15, 0.2) is 0 Å². The van der Waals surface area contributed by atoms with E-state index in [0.717, 1.165) is 12.8 Å². The first-order valence-electron chi connectivity index (χ1n) is 7.19. The second kappa shape index (κ2) is 10.6. The highest BCUT2D eigenvalue weighted by Crippen LogP contribution is 2.13. The molecule has 5 heteroatoms. The molecule has 0 aliphatic rings. The molecule has 0 spiro atoms. The smallest absolute Gasteiger partial charge is 0.410 e. The van der Waals surface area contributed by atoms with E-state index in [2.05, 4.69) is 6.92 Å². The predicted octanol–water partition coefficient (Wildman–Crippen LogP) is 2.98. The van der Waals surface area contributed by atoms with Gasteiger partial charge >= 0.3 is 12.1 Å². The third kappa shape index (κ3) is 7.03. The van der Waals surface area contributed by atoms with E-state index >= 15 is 0 Å². The van der Waals surface area contributed by atoms with E-state index < -0.39 is 0 Å². The lowest BCUT2D eigenvalue weighted by Crippen LogP contribution is -2.42. The van der Waals surface area contributed by atoms with Crippen molar-refractivity contribution in [1.29, 1.82) is 0 Å². The molecule has 0 aliphatic carbocycles. The average molecular weight is 273 g/mol. The van der Waals surface area contributed by atoms with Crippen molar-refractivity contribution in [3.05, 3.63) is 0 Å². The van der Waals surface area contributed by atoms with E-state index in [1.54, 1.807) is 18.7 Å². The molecule has 5 nitrogen and oxygen atoms in total. The zero-order valence-electron chi connectivity index (χ0n) is 12.6. The van der Waals surface area contributed by atoms with E-state index in [4.69, 9.17) is 9.47 Å². The third-order valence-electron chi connectivity index (χ3n) is 2.87. The standard InChI is InChI=1S/C14H27NO4/c1-5-9-10-15(14(17)19-8-4)12(6-2)11-13(16)18-7-3/h12H,5-11H2,1-4H3. The Kier molecular flexibility index (Phi) is 9.94. The van der Waals surface area contributed by atoms with E-state index in [1.165, 1.54) is 0 Å². The Morgan fingerprint density at radius 2 is 1.68 bits per heavy atom.